The van der Waals surface area contributed by atoms with Crippen molar-refractivity contribution in [3.8, 4) is 16.3 Å². The molecule has 5 nitrogen and oxygen atoms in total. The van der Waals surface area contributed by atoms with Gasteiger partial charge < -0.3 is 10.1 Å². The molecule has 4 rings (SSSR count). The van der Waals surface area contributed by atoms with E-state index in [-0.39, 0.29) is 11.0 Å². The number of fused-ring (bicyclic) bond motifs is 1. The highest BCUT2D eigenvalue weighted by Gasteiger charge is 2.14. The Balaban J connectivity index is 1.53. The summed E-state index contributed by atoms with van der Waals surface area (Å²) in [5.74, 6) is 0.0945. The van der Waals surface area contributed by atoms with Gasteiger partial charge in [-0.25, -0.2) is 4.98 Å². The first-order valence-corrected chi connectivity index (χ1v) is 10.6. The monoisotopic (exact) mass is 453 g/mol. The van der Waals surface area contributed by atoms with Gasteiger partial charge >= 0.3 is 0 Å². The van der Waals surface area contributed by atoms with Gasteiger partial charge in [-0.1, -0.05) is 41.9 Å². The highest BCUT2D eigenvalue weighted by atomic mass is 35.5. The highest BCUT2D eigenvalue weighted by molar-refractivity contribution is 7.80. The molecule has 30 heavy (non-hydrogen) atoms. The van der Waals surface area contributed by atoms with Crippen LogP contribution in [0.2, 0.25) is 5.02 Å². The standard InChI is InChI=1S/C22H16ClN3O2S2/c1-28-18-8-4-2-6-14(18)20(27)26-22(29)25-17-12-13(10-11-15(17)23)21-24-16-7-3-5-9-19(16)30-21/h2-12H,1H3,(H2,25,26,27,29). The summed E-state index contributed by atoms with van der Waals surface area (Å²) in [7, 11) is 1.51. The Morgan fingerprint density at radius 3 is 2.67 bits per heavy atom. The summed E-state index contributed by atoms with van der Waals surface area (Å²) in [5, 5.41) is 7.14. The molecule has 0 spiro atoms. The van der Waals surface area contributed by atoms with Gasteiger partial charge in [-0.3, -0.25) is 10.1 Å². The number of carbonyl (C=O) groups is 1. The molecule has 1 heterocycles. The fourth-order valence-electron chi connectivity index (χ4n) is 2.91. The number of aromatic nitrogens is 1. The average Bonchev–Trinajstić information content (AvgIpc) is 3.19. The number of halogens is 1. The lowest BCUT2D eigenvalue weighted by Gasteiger charge is -2.13. The summed E-state index contributed by atoms with van der Waals surface area (Å²) in [6.07, 6.45) is 0. The molecule has 0 atom stereocenters. The third kappa shape index (κ3) is 4.28. The number of ether oxygens (including phenoxy) is 1. The van der Waals surface area contributed by atoms with Gasteiger partial charge in [0.25, 0.3) is 5.91 Å². The quantitative estimate of drug-likeness (QED) is 0.385. The second kappa shape index (κ2) is 8.79. The van der Waals surface area contributed by atoms with Crippen molar-refractivity contribution in [3.05, 3.63) is 77.3 Å². The molecule has 1 aromatic heterocycles. The van der Waals surface area contributed by atoms with Crippen molar-refractivity contribution in [2.75, 3.05) is 12.4 Å². The van der Waals surface area contributed by atoms with E-state index in [9.17, 15) is 4.79 Å². The van der Waals surface area contributed by atoms with E-state index >= 15 is 0 Å². The van der Waals surface area contributed by atoms with E-state index in [4.69, 9.17) is 28.6 Å². The summed E-state index contributed by atoms with van der Waals surface area (Å²) in [6.45, 7) is 0. The molecule has 150 valence electrons. The predicted octanol–water partition coefficient (Wildman–Crippen LogP) is 5.75. The summed E-state index contributed by atoms with van der Waals surface area (Å²) in [5.41, 5.74) is 2.82. The number of thiocarbonyl (C=S) groups is 1. The first-order valence-electron chi connectivity index (χ1n) is 8.96. The molecule has 0 saturated heterocycles. The van der Waals surface area contributed by atoms with E-state index in [1.54, 1.807) is 41.7 Å². The van der Waals surface area contributed by atoms with Gasteiger partial charge in [-0.05, 0) is 48.6 Å². The number of para-hydroxylation sites is 2. The Morgan fingerprint density at radius 1 is 1.10 bits per heavy atom. The van der Waals surface area contributed by atoms with E-state index in [0.29, 0.717) is 22.0 Å². The van der Waals surface area contributed by atoms with Crippen molar-refractivity contribution in [1.82, 2.24) is 10.3 Å². The van der Waals surface area contributed by atoms with Crippen LogP contribution in [0.1, 0.15) is 10.4 Å². The average molecular weight is 454 g/mol. The molecule has 0 fully saturated rings. The molecule has 2 N–H and O–H groups in total. The van der Waals surface area contributed by atoms with Crippen molar-refractivity contribution < 1.29 is 9.53 Å². The summed E-state index contributed by atoms with van der Waals surface area (Å²) < 4.78 is 6.33. The molecule has 0 aliphatic carbocycles. The van der Waals surface area contributed by atoms with E-state index < -0.39 is 0 Å². The maximum atomic E-state index is 12.5. The number of thiazole rings is 1. The van der Waals surface area contributed by atoms with Crippen molar-refractivity contribution in [2.24, 2.45) is 0 Å². The normalized spacial score (nSPS) is 10.6. The Hall–Kier alpha value is -3.00. The number of anilines is 1. The minimum Gasteiger partial charge on any atom is -0.496 e. The van der Waals surface area contributed by atoms with E-state index in [1.165, 1.54) is 7.11 Å². The third-order valence-electron chi connectivity index (χ3n) is 4.33. The van der Waals surface area contributed by atoms with E-state index in [0.717, 1.165) is 20.8 Å². The molecule has 0 radical (unpaired) electrons. The van der Waals surface area contributed by atoms with Crippen LogP contribution in [0.15, 0.2) is 66.7 Å². The molecule has 0 unspecified atom stereocenters. The number of nitrogens with zero attached hydrogens (tertiary/aromatic N) is 1. The second-order valence-corrected chi connectivity index (χ2v) is 8.14. The summed E-state index contributed by atoms with van der Waals surface area (Å²) >= 11 is 13.2. The Labute approximate surface area is 187 Å². The summed E-state index contributed by atoms with van der Waals surface area (Å²) in [6, 6.07) is 20.4. The number of hydrogen-bond donors (Lipinski definition) is 2. The van der Waals surface area contributed by atoms with Crippen LogP contribution < -0.4 is 15.4 Å². The van der Waals surface area contributed by atoms with Crippen molar-refractivity contribution >= 4 is 62.1 Å². The molecule has 0 aliphatic heterocycles. The largest absolute Gasteiger partial charge is 0.496 e. The molecule has 0 saturated carbocycles. The van der Waals surface area contributed by atoms with Crippen LogP contribution >= 0.6 is 35.2 Å². The highest BCUT2D eigenvalue weighted by Crippen LogP contribution is 2.33. The number of nitrogens with one attached hydrogen (secondary N) is 2. The third-order valence-corrected chi connectivity index (χ3v) is 5.95. The fourth-order valence-corrected chi connectivity index (χ4v) is 4.24. The lowest BCUT2D eigenvalue weighted by atomic mass is 10.2. The van der Waals surface area contributed by atoms with Gasteiger partial charge in [0.2, 0.25) is 0 Å². The molecule has 4 aromatic rings. The first kappa shape index (κ1) is 20.3. The van der Waals surface area contributed by atoms with Gasteiger partial charge in [-0.2, -0.15) is 0 Å². The molecule has 3 aromatic carbocycles. The number of methoxy groups -OCH3 is 1. The van der Waals surface area contributed by atoms with Crippen molar-refractivity contribution in [1.29, 1.82) is 0 Å². The fraction of sp³-hybridized carbons (Fsp3) is 0.0455. The molecular formula is C22H16ClN3O2S2. The van der Waals surface area contributed by atoms with E-state index in [2.05, 4.69) is 15.6 Å². The molecule has 8 heteroatoms. The zero-order chi connectivity index (χ0) is 21.1. The SMILES string of the molecule is COc1ccccc1C(=O)NC(=S)Nc1cc(-c2nc3ccccc3s2)ccc1Cl. The van der Waals surface area contributed by atoms with Gasteiger partial charge in [0, 0.05) is 5.56 Å². The number of rotatable bonds is 4. The Morgan fingerprint density at radius 2 is 1.87 bits per heavy atom. The van der Waals surface area contributed by atoms with E-state index in [1.807, 2.05) is 36.4 Å². The number of hydrogen-bond acceptors (Lipinski definition) is 5. The van der Waals surface area contributed by atoms with Crippen LogP contribution in [0.5, 0.6) is 5.75 Å². The maximum Gasteiger partial charge on any atom is 0.261 e. The maximum absolute atomic E-state index is 12.5. The zero-order valence-electron chi connectivity index (χ0n) is 15.8. The second-order valence-electron chi connectivity index (χ2n) is 6.29. The van der Waals surface area contributed by atoms with Crippen LogP contribution in [-0.4, -0.2) is 23.1 Å². The number of benzene rings is 3. The first-order chi connectivity index (χ1) is 14.5. The Bertz CT molecular complexity index is 1220. The lowest BCUT2D eigenvalue weighted by molar-refractivity contribution is 0.0975. The van der Waals surface area contributed by atoms with Crippen LogP contribution in [0, 0.1) is 0 Å². The number of carbonyl (C=O) groups excluding carboxylic acids is 1. The van der Waals surface area contributed by atoms with Gasteiger partial charge in [-0.15, -0.1) is 11.3 Å². The molecule has 0 aliphatic rings. The zero-order valence-corrected chi connectivity index (χ0v) is 18.2. The molecule has 1 amide bonds. The van der Waals surface area contributed by atoms with Crippen molar-refractivity contribution in [2.45, 2.75) is 0 Å². The smallest absolute Gasteiger partial charge is 0.261 e. The molecular weight excluding hydrogens is 438 g/mol. The van der Waals surface area contributed by atoms with Gasteiger partial charge in [0.05, 0.1) is 33.6 Å². The van der Waals surface area contributed by atoms with Gasteiger partial charge in [0.1, 0.15) is 10.8 Å². The minimum atomic E-state index is -0.372. The minimum absolute atomic E-state index is 0.134. The summed E-state index contributed by atoms with van der Waals surface area (Å²) in [4.78, 5) is 17.2. The number of amides is 1. The van der Waals surface area contributed by atoms with Crippen LogP contribution in [-0.2, 0) is 0 Å². The van der Waals surface area contributed by atoms with Crippen LogP contribution in [0.4, 0.5) is 5.69 Å². The van der Waals surface area contributed by atoms with Crippen LogP contribution in [0.25, 0.3) is 20.8 Å². The molecule has 0 bridgehead atoms. The van der Waals surface area contributed by atoms with Gasteiger partial charge in [0.15, 0.2) is 5.11 Å². The predicted molar refractivity (Wildman–Crippen MR) is 127 cm³/mol. The van der Waals surface area contributed by atoms with Crippen molar-refractivity contribution in [3.63, 3.8) is 0 Å². The van der Waals surface area contributed by atoms with Crippen LogP contribution in [0.3, 0.4) is 0 Å². The topological polar surface area (TPSA) is 63.2 Å². The Kier molecular flexibility index (Phi) is 5.94. The lowest BCUT2D eigenvalue weighted by Crippen LogP contribution is -2.34.